The molecule has 1 aliphatic rings. The van der Waals surface area contributed by atoms with E-state index in [-0.39, 0.29) is 11.9 Å². The van der Waals surface area contributed by atoms with Gasteiger partial charge in [0.2, 0.25) is 0 Å². The van der Waals surface area contributed by atoms with Crippen LogP contribution in [0.4, 0.5) is 0 Å². The van der Waals surface area contributed by atoms with Gasteiger partial charge in [0.15, 0.2) is 0 Å². The van der Waals surface area contributed by atoms with E-state index in [4.69, 9.17) is 16.3 Å². The largest absolute Gasteiger partial charge is 0.379 e. The Morgan fingerprint density at radius 3 is 2.96 bits per heavy atom. The third kappa shape index (κ3) is 4.29. The van der Waals surface area contributed by atoms with E-state index in [1.807, 2.05) is 24.3 Å². The van der Waals surface area contributed by atoms with Crippen LogP contribution in [0.1, 0.15) is 22.1 Å². The number of morpholine rings is 1. The third-order valence-corrected chi connectivity index (χ3v) is 4.66. The fourth-order valence-electron chi connectivity index (χ4n) is 2.67. The second-order valence-corrected chi connectivity index (χ2v) is 6.46. The minimum absolute atomic E-state index is 0.0696. The van der Waals surface area contributed by atoms with Crippen LogP contribution in [0.15, 0.2) is 35.2 Å². The van der Waals surface area contributed by atoms with Crippen molar-refractivity contribution < 1.29 is 9.53 Å². The van der Waals surface area contributed by atoms with Crippen LogP contribution < -0.4 is 5.32 Å². The average Bonchev–Trinajstić information content (AvgIpc) is 3.10. The molecular weight excluding hydrogens is 334 g/mol. The molecule has 1 aromatic carbocycles. The van der Waals surface area contributed by atoms with Crippen molar-refractivity contribution in [3.63, 3.8) is 0 Å². The Hall–Kier alpha value is -1.47. The van der Waals surface area contributed by atoms with E-state index in [0.29, 0.717) is 30.5 Å². The maximum Gasteiger partial charge on any atom is 0.270 e. The van der Waals surface area contributed by atoms with Gasteiger partial charge in [-0.3, -0.25) is 9.69 Å². The molecule has 0 radical (unpaired) electrons. The molecular formula is C16H18ClN3O2S. The van der Waals surface area contributed by atoms with Gasteiger partial charge in [-0.25, -0.2) is 4.98 Å². The Morgan fingerprint density at radius 2 is 2.26 bits per heavy atom. The van der Waals surface area contributed by atoms with Crippen molar-refractivity contribution >= 4 is 28.8 Å². The molecule has 7 heteroatoms. The number of carbonyl (C=O) groups is 1. The van der Waals surface area contributed by atoms with Crippen molar-refractivity contribution in [1.29, 1.82) is 0 Å². The molecule has 0 saturated carbocycles. The second kappa shape index (κ2) is 7.88. The SMILES string of the molecule is O=C(NC[C@@H](c1cccc(Cl)c1)N1CCOCC1)c1cscn1. The summed E-state index contributed by atoms with van der Waals surface area (Å²) in [7, 11) is 0. The maximum atomic E-state index is 12.2. The van der Waals surface area contributed by atoms with Crippen LogP contribution in [0, 0.1) is 0 Å². The summed E-state index contributed by atoms with van der Waals surface area (Å²) in [6.45, 7) is 3.60. The van der Waals surface area contributed by atoms with Crippen LogP contribution in [0.2, 0.25) is 5.02 Å². The van der Waals surface area contributed by atoms with Gasteiger partial charge in [0, 0.05) is 30.0 Å². The number of thiazole rings is 1. The molecule has 122 valence electrons. The summed E-state index contributed by atoms with van der Waals surface area (Å²) in [6.07, 6.45) is 0. The molecule has 1 N–H and O–H groups in total. The number of benzene rings is 1. The Kier molecular flexibility index (Phi) is 5.61. The van der Waals surface area contributed by atoms with Crippen LogP contribution in [-0.4, -0.2) is 48.6 Å². The van der Waals surface area contributed by atoms with Crippen molar-refractivity contribution in [3.05, 3.63) is 51.4 Å². The van der Waals surface area contributed by atoms with Gasteiger partial charge in [0.25, 0.3) is 5.91 Å². The Bertz CT molecular complexity index is 645. The number of hydrogen-bond donors (Lipinski definition) is 1. The van der Waals surface area contributed by atoms with E-state index in [1.165, 1.54) is 11.3 Å². The lowest BCUT2D eigenvalue weighted by Crippen LogP contribution is -2.43. The Morgan fingerprint density at radius 1 is 1.43 bits per heavy atom. The van der Waals surface area contributed by atoms with Crippen LogP contribution in [-0.2, 0) is 4.74 Å². The fourth-order valence-corrected chi connectivity index (χ4v) is 3.40. The van der Waals surface area contributed by atoms with Gasteiger partial charge in [-0.15, -0.1) is 11.3 Å². The van der Waals surface area contributed by atoms with Gasteiger partial charge in [0.1, 0.15) is 5.69 Å². The molecule has 1 aromatic heterocycles. The zero-order chi connectivity index (χ0) is 16.1. The number of hydrogen-bond acceptors (Lipinski definition) is 5. The van der Waals surface area contributed by atoms with Crippen molar-refractivity contribution in [2.45, 2.75) is 6.04 Å². The molecule has 0 unspecified atom stereocenters. The second-order valence-electron chi connectivity index (χ2n) is 5.30. The molecule has 1 fully saturated rings. The number of ether oxygens (including phenoxy) is 1. The summed E-state index contributed by atoms with van der Waals surface area (Å²) < 4.78 is 5.43. The van der Waals surface area contributed by atoms with Gasteiger partial charge in [0.05, 0.1) is 24.8 Å². The molecule has 0 aliphatic carbocycles. The van der Waals surface area contributed by atoms with Crippen LogP contribution in [0.5, 0.6) is 0 Å². The summed E-state index contributed by atoms with van der Waals surface area (Å²) >= 11 is 7.54. The van der Waals surface area contributed by atoms with Gasteiger partial charge < -0.3 is 10.1 Å². The molecule has 1 atom stereocenters. The molecule has 2 heterocycles. The highest BCUT2D eigenvalue weighted by molar-refractivity contribution is 7.07. The molecule has 23 heavy (non-hydrogen) atoms. The molecule has 0 bridgehead atoms. The standard InChI is InChI=1S/C16H18ClN3O2S/c17-13-3-1-2-12(8-13)15(20-4-6-22-7-5-20)9-18-16(21)14-10-23-11-19-14/h1-3,8,10-11,15H,4-7,9H2,(H,18,21)/t15-/m0/s1. The predicted octanol–water partition coefficient (Wildman–Crippen LogP) is 2.60. The number of nitrogens with zero attached hydrogens (tertiary/aromatic N) is 2. The predicted molar refractivity (Wildman–Crippen MR) is 91.0 cm³/mol. The van der Waals surface area contributed by atoms with Gasteiger partial charge in [-0.2, -0.15) is 0 Å². The summed E-state index contributed by atoms with van der Waals surface area (Å²) in [4.78, 5) is 18.5. The zero-order valence-electron chi connectivity index (χ0n) is 12.6. The summed E-state index contributed by atoms with van der Waals surface area (Å²) in [5, 5.41) is 5.43. The molecule has 1 aliphatic heterocycles. The van der Waals surface area contributed by atoms with E-state index >= 15 is 0 Å². The number of amides is 1. The molecule has 5 nitrogen and oxygen atoms in total. The van der Waals surface area contributed by atoms with Crippen LogP contribution >= 0.6 is 22.9 Å². The first-order valence-corrected chi connectivity index (χ1v) is 8.80. The highest BCUT2D eigenvalue weighted by Gasteiger charge is 2.23. The first kappa shape index (κ1) is 16.4. The van der Waals surface area contributed by atoms with Gasteiger partial charge >= 0.3 is 0 Å². The number of nitrogens with one attached hydrogen (secondary N) is 1. The number of carbonyl (C=O) groups excluding carboxylic acids is 1. The highest BCUT2D eigenvalue weighted by Crippen LogP contribution is 2.24. The van der Waals surface area contributed by atoms with Crippen LogP contribution in [0.25, 0.3) is 0 Å². The lowest BCUT2D eigenvalue weighted by Gasteiger charge is -2.35. The Balaban J connectivity index is 1.73. The normalized spacial score (nSPS) is 16.9. The topological polar surface area (TPSA) is 54.5 Å². The maximum absolute atomic E-state index is 12.2. The van der Waals surface area contributed by atoms with Crippen molar-refractivity contribution in [2.75, 3.05) is 32.8 Å². The molecule has 0 spiro atoms. The summed E-state index contributed by atoms with van der Waals surface area (Å²) in [6, 6.07) is 7.86. The average molecular weight is 352 g/mol. The summed E-state index contributed by atoms with van der Waals surface area (Å²) in [5.41, 5.74) is 3.21. The van der Waals surface area contributed by atoms with E-state index in [2.05, 4.69) is 15.2 Å². The molecule has 3 rings (SSSR count). The fraction of sp³-hybridized carbons (Fsp3) is 0.375. The van der Waals surface area contributed by atoms with E-state index in [0.717, 1.165) is 18.7 Å². The minimum atomic E-state index is -0.147. The van der Waals surface area contributed by atoms with Gasteiger partial charge in [-0.1, -0.05) is 23.7 Å². The minimum Gasteiger partial charge on any atom is -0.379 e. The first-order chi connectivity index (χ1) is 11.2. The van der Waals surface area contributed by atoms with Crippen molar-refractivity contribution in [1.82, 2.24) is 15.2 Å². The highest BCUT2D eigenvalue weighted by atomic mass is 35.5. The first-order valence-electron chi connectivity index (χ1n) is 7.47. The number of halogens is 1. The molecule has 1 amide bonds. The number of aromatic nitrogens is 1. The monoisotopic (exact) mass is 351 g/mol. The Labute approximate surface area is 144 Å². The van der Waals surface area contributed by atoms with Crippen molar-refractivity contribution in [2.24, 2.45) is 0 Å². The number of rotatable bonds is 5. The summed E-state index contributed by atoms with van der Waals surface area (Å²) in [5.74, 6) is -0.147. The quantitative estimate of drug-likeness (QED) is 0.899. The van der Waals surface area contributed by atoms with Crippen molar-refractivity contribution in [3.8, 4) is 0 Å². The molecule has 1 saturated heterocycles. The van der Waals surface area contributed by atoms with E-state index in [1.54, 1.807) is 10.9 Å². The lowest BCUT2D eigenvalue weighted by atomic mass is 10.0. The smallest absolute Gasteiger partial charge is 0.270 e. The molecule has 2 aromatic rings. The lowest BCUT2D eigenvalue weighted by molar-refractivity contribution is 0.0162. The van der Waals surface area contributed by atoms with Gasteiger partial charge in [-0.05, 0) is 17.7 Å². The van der Waals surface area contributed by atoms with Crippen LogP contribution in [0.3, 0.4) is 0 Å². The van der Waals surface area contributed by atoms with E-state index < -0.39 is 0 Å². The third-order valence-electron chi connectivity index (χ3n) is 3.84. The van der Waals surface area contributed by atoms with E-state index in [9.17, 15) is 4.79 Å². The zero-order valence-corrected chi connectivity index (χ0v) is 14.1.